The molecule has 274 valence electrons. The molecule has 11 aromatic rings. The molecule has 0 spiro atoms. The first-order valence-corrected chi connectivity index (χ1v) is 20.3. The molecule has 6 heteroatoms. The number of nitrogens with zero attached hydrogens (tertiary/aromatic N) is 5. The van der Waals surface area contributed by atoms with Gasteiger partial charge in [-0.25, -0.2) is 15.0 Å². The van der Waals surface area contributed by atoms with E-state index in [1.54, 1.807) is 0 Å². The number of aryl methyl sites for hydroxylation is 1. The summed E-state index contributed by atoms with van der Waals surface area (Å²) in [5.74, 6) is 2.03. The molecule has 0 amide bonds. The lowest BCUT2D eigenvalue weighted by Gasteiger charge is -2.26. The van der Waals surface area contributed by atoms with Crippen molar-refractivity contribution in [2.75, 3.05) is 4.90 Å². The number of thiophene rings is 1. The Bertz CT molecular complexity index is 3280. The Morgan fingerprint density at radius 2 is 1.03 bits per heavy atom. The monoisotopic (exact) mass is 761 g/mol. The molecule has 0 bridgehead atoms. The minimum Gasteiger partial charge on any atom is -0.309 e. The number of anilines is 3. The number of aromatic nitrogens is 4. The number of fused-ring (bicyclic) bond motifs is 6. The Morgan fingerprint density at radius 1 is 0.448 bits per heavy atom. The number of hydrogen-bond donors (Lipinski definition) is 0. The van der Waals surface area contributed by atoms with Crippen LogP contribution in [-0.2, 0) is 0 Å². The van der Waals surface area contributed by atoms with Crippen molar-refractivity contribution in [1.82, 2.24) is 19.5 Å². The summed E-state index contributed by atoms with van der Waals surface area (Å²) in [4.78, 5) is 16.6. The van der Waals surface area contributed by atoms with Crippen LogP contribution in [0.4, 0.5) is 17.1 Å². The molecular weight excluding hydrogens is 727 g/mol. The van der Waals surface area contributed by atoms with Gasteiger partial charge in [0.05, 0.1) is 21.4 Å². The fourth-order valence-corrected chi connectivity index (χ4v) is 9.52. The highest BCUT2D eigenvalue weighted by Crippen LogP contribution is 2.45. The smallest absolute Gasteiger partial charge is 0.163 e. The number of rotatable bonds is 7. The van der Waals surface area contributed by atoms with Gasteiger partial charge in [0.25, 0.3) is 0 Å². The zero-order valence-electron chi connectivity index (χ0n) is 31.6. The predicted molar refractivity (Wildman–Crippen MR) is 243 cm³/mol. The lowest BCUT2D eigenvalue weighted by molar-refractivity contribution is 0.991. The molecule has 5 nitrogen and oxygen atoms in total. The highest BCUT2D eigenvalue weighted by atomic mass is 32.1. The SMILES string of the molecule is Cc1nc(-c2ccccc2)nc(-c2ccc(-n3c4ccccc4c4cccc(-c5ccc(N(c6ccccc6)c6cccc7c6sc6ccccc67)cc5)c43)cc2)n1. The molecule has 3 heterocycles. The molecule has 0 N–H and O–H groups in total. The number of para-hydroxylation sites is 3. The van der Waals surface area contributed by atoms with Crippen LogP contribution in [0.2, 0.25) is 0 Å². The van der Waals surface area contributed by atoms with Crippen molar-refractivity contribution in [1.29, 1.82) is 0 Å². The van der Waals surface area contributed by atoms with E-state index in [0.29, 0.717) is 17.5 Å². The highest BCUT2D eigenvalue weighted by Gasteiger charge is 2.20. The van der Waals surface area contributed by atoms with Crippen molar-refractivity contribution in [2.45, 2.75) is 6.92 Å². The third kappa shape index (κ3) is 5.73. The molecule has 0 saturated heterocycles. The van der Waals surface area contributed by atoms with Crippen LogP contribution in [0.5, 0.6) is 0 Å². The van der Waals surface area contributed by atoms with Crippen LogP contribution in [-0.4, -0.2) is 19.5 Å². The van der Waals surface area contributed by atoms with Crippen LogP contribution >= 0.6 is 11.3 Å². The largest absolute Gasteiger partial charge is 0.309 e. The van der Waals surface area contributed by atoms with Gasteiger partial charge in [0.2, 0.25) is 0 Å². The van der Waals surface area contributed by atoms with Crippen molar-refractivity contribution in [2.24, 2.45) is 0 Å². The molecule has 58 heavy (non-hydrogen) atoms. The van der Waals surface area contributed by atoms with Gasteiger partial charge in [0.1, 0.15) is 5.82 Å². The fraction of sp³-hybridized carbons (Fsp3) is 0.0192. The van der Waals surface area contributed by atoms with Gasteiger partial charge in [-0.2, -0.15) is 0 Å². The van der Waals surface area contributed by atoms with E-state index >= 15 is 0 Å². The average Bonchev–Trinajstić information content (AvgIpc) is 3.84. The van der Waals surface area contributed by atoms with Gasteiger partial charge in [-0.3, -0.25) is 0 Å². The Balaban J connectivity index is 1.02. The molecule has 0 aliphatic rings. The highest BCUT2D eigenvalue weighted by molar-refractivity contribution is 7.26. The molecule has 8 aromatic carbocycles. The van der Waals surface area contributed by atoms with Gasteiger partial charge in [-0.05, 0) is 79.2 Å². The topological polar surface area (TPSA) is 46.8 Å². The zero-order chi connectivity index (χ0) is 38.6. The maximum absolute atomic E-state index is 4.87. The van der Waals surface area contributed by atoms with Crippen LogP contribution in [0.25, 0.3) is 81.6 Å². The molecule has 0 fully saturated rings. The van der Waals surface area contributed by atoms with Gasteiger partial charge in [0.15, 0.2) is 11.6 Å². The second-order valence-electron chi connectivity index (χ2n) is 14.5. The minimum atomic E-state index is 0.661. The Labute approximate surface area is 339 Å². The first kappa shape index (κ1) is 33.9. The molecule has 3 aromatic heterocycles. The molecule has 0 saturated carbocycles. The van der Waals surface area contributed by atoms with Crippen LogP contribution in [0.15, 0.2) is 194 Å². The molecule has 0 atom stereocenters. The number of hydrogen-bond acceptors (Lipinski definition) is 5. The Kier molecular flexibility index (Phi) is 8.15. The second kappa shape index (κ2) is 14.0. The molecule has 0 radical (unpaired) electrons. The van der Waals surface area contributed by atoms with E-state index < -0.39 is 0 Å². The van der Waals surface area contributed by atoms with Gasteiger partial charge >= 0.3 is 0 Å². The van der Waals surface area contributed by atoms with E-state index in [9.17, 15) is 0 Å². The zero-order valence-corrected chi connectivity index (χ0v) is 32.4. The third-order valence-electron chi connectivity index (χ3n) is 10.9. The van der Waals surface area contributed by atoms with Gasteiger partial charge in [-0.15, -0.1) is 11.3 Å². The van der Waals surface area contributed by atoms with Crippen molar-refractivity contribution in [3.8, 4) is 39.6 Å². The lowest BCUT2D eigenvalue weighted by Crippen LogP contribution is -2.09. The first-order chi connectivity index (χ1) is 28.7. The molecule has 0 aliphatic carbocycles. The van der Waals surface area contributed by atoms with E-state index in [4.69, 9.17) is 9.97 Å². The summed E-state index contributed by atoms with van der Waals surface area (Å²) >= 11 is 1.85. The van der Waals surface area contributed by atoms with Crippen LogP contribution in [0, 0.1) is 6.92 Å². The fourth-order valence-electron chi connectivity index (χ4n) is 8.31. The summed E-state index contributed by atoms with van der Waals surface area (Å²) in [5, 5.41) is 5.00. The predicted octanol–water partition coefficient (Wildman–Crippen LogP) is 14.1. The summed E-state index contributed by atoms with van der Waals surface area (Å²) < 4.78 is 4.97. The van der Waals surface area contributed by atoms with Gasteiger partial charge < -0.3 is 9.47 Å². The third-order valence-corrected chi connectivity index (χ3v) is 12.1. The molecular formula is C52H35N5S. The molecule has 0 aliphatic heterocycles. The lowest BCUT2D eigenvalue weighted by atomic mass is 10.0. The van der Waals surface area contributed by atoms with Crippen molar-refractivity contribution >= 4 is 70.4 Å². The minimum absolute atomic E-state index is 0.661. The summed E-state index contributed by atoms with van der Waals surface area (Å²) in [6.45, 7) is 1.92. The Morgan fingerprint density at radius 3 is 1.81 bits per heavy atom. The first-order valence-electron chi connectivity index (χ1n) is 19.4. The summed E-state index contributed by atoms with van der Waals surface area (Å²) in [7, 11) is 0. The van der Waals surface area contributed by atoms with Crippen molar-refractivity contribution in [3.05, 3.63) is 200 Å². The van der Waals surface area contributed by atoms with E-state index in [1.165, 1.54) is 47.7 Å². The van der Waals surface area contributed by atoms with Crippen molar-refractivity contribution in [3.63, 3.8) is 0 Å². The maximum atomic E-state index is 4.87. The average molecular weight is 762 g/mol. The number of benzene rings is 8. The summed E-state index contributed by atoms with van der Waals surface area (Å²) in [6.07, 6.45) is 0. The van der Waals surface area contributed by atoms with Gasteiger partial charge in [0, 0.05) is 60.0 Å². The van der Waals surface area contributed by atoms with Crippen LogP contribution < -0.4 is 4.90 Å². The van der Waals surface area contributed by atoms with Gasteiger partial charge in [-0.1, -0.05) is 127 Å². The standard InChI is InChI=1S/C52H35N5S/c1-34-53-51(36-14-4-2-5-15-36)55-52(54-34)37-28-32-40(33-29-37)57-46-23-10-8-18-42(46)44-21-12-20-41(49(44)57)35-26-30-39(31-27-35)56(38-16-6-3-7-17-38)47-24-13-22-45-43-19-9-11-25-48(43)58-50(45)47/h2-33H,1H3. The second-order valence-corrected chi connectivity index (χ2v) is 15.5. The van der Waals surface area contributed by atoms with E-state index in [1.807, 2.05) is 48.6 Å². The summed E-state index contributed by atoms with van der Waals surface area (Å²) in [6, 6.07) is 69.1. The molecule has 11 rings (SSSR count). The summed E-state index contributed by atoms with van der Waals surface area (Å²) in [5.41, 5.74) is 11.0. The van der Waals surface area contributed by atoms with E-state index in [2.05, 4.69) is 178 Å². The Hall–Kier alpha value is -7.41. The molecule has 0 unspecified atom stereocenters. The normalized spacial score (nSPS) is 11.5. The van der Waals surface area contributed by atoms with Crippen LogP contribution in [0.1, 0.15) is 5.82 Å². The quantitative estimate of drug-likeness (QED) is 0.162. The maximum Gasteiger partial charge on any atom is 0.163 e. The van der Waals surface area contributed by atoms with Crippen molar-refractivity contribution < 1.29 is 0 Å². The van der Waals surface area contributed by atoms with E-state index in [0.717, 1.165) is 39.3 Å². The van der Waals surface area contributed by atoms with Crippen LogP contribution in [0.3, 0.4) is 0 Å². The van der Waals surface area contributed by atoms with E-state index in [-0.39, 0.29) is 0 Å².